The van der Waals surface area contributed by atoms with E-state index in [-0.39, 0.29) is 0 Å². The van der Waals surface area contributed by atoms with E-state index < -0.39 is 0 Å². The van der Waals surface area contributed by atoms with E-state index in [1.807, 2.05) is 32.3 Å². The molecule has 2 heteroatoms. The van der Waals surface area contributed by atoms with Gasteiger partial charge in [-0.15, -0.1) is 12.6 Å². The molecule has 0 aliphatic carbocycles. The maximum atomic E-state index is 4.10. The second-order valence-corrected chi connectivity index (χ2v) is 1.85. The highest BCUT2D eigenvalue weighted by atomic mass is 32.1. The molecule has 8 heavy (non-hydrogen) atoms. The first kappa shape index (κ1) is 7.63. The molecule has 1 nitrogen and oxygen atoms in total. The molecular weight excluding hydrogens is 118 g/mol. The lowest BCUT2D eigenvalue weighted by atomic mass is 10.5. The fraction of sp³-hybridized carbons (Fsp3) is 0.333. The lowest BCUT2D eigenvalue weighted by Crippen LogP contribution is -1.90. The molecule has 0 aliphatic rings. The van der Waals surface area contributed by atoms with Crippen LogP contribution in [0.4, 0.5) is 0 Å². The summed E-state index contributed by atoms with van der Waals surface area (Å²) in [6.45, 7) is 1.95. The molecule has 0 aromatic heterocycles. The minimum absolute atomic E-state index is 0.972. The van der Waals surface area contributed by atoms with Crippen molar-refractivity contribution in [2.75, 3.05) is 7.05 Å². The summed E-state index contributed by atoms with van der Waals surface area (Å²) < 4.78 is 0. The van der Waals surface area contributed by atoms with E-state index in [9.17, 15) is 0 Å². The van der Waals surface area contributed by atoms with Gasteiger partial charge in [-0.1, -0.05) is 6.08 Å². The normalized spacial score (nSPS) is 12.6. The van der Waals surface area contributed by atoms with Gasteiger partial charge < -0.3 is 5.32 Å². The molecule has 1 N–H and O–H groups in total. The molecule has 0 atom stereocenters. The van der Waals surface area contributed by atoms with Gasteiger partial charge in [0.05, 0.1) is 0 Å². The van der Waals surface area contributed by atoms with Crippen LogP contribution in [0.15, 0.2) is 23.3 Å². The Balaban J connectivity index is 3.53. The summed E-state index contributed by atoms with van der Waals surface area (Å²) in [6.07, 6.45) is 5.66. The van der Waals surface area contributed by atoms with Crippen molar-refractivity contribution in [1.82, 2.24) is 5.32 Å². The molecule has 0 rings (SSSR count). The second-order valence-electron chi connectivity index (χ2n) is 1.34. The van der Waals surface area contributed by atoms with E-state index in [4.69, 9.17) is 0 Å². The van der Waals surface area contributed by atoms with Crippen LogP contribution >= 0.6 is 12.6 Å². The van der Waals surface area contributed by atoms with Gasteiger partial charge in [-0.25, -0.2) is 0 Å². The Hall–Kier alpha value is -0.370. The molecule has 0 aromatic carbocycles. The Bertz CT molecular complexity index is 105. The zero-order valence-corrected chi connectivity index (χ0v) is 6.07. The number of rotatable bonds is 2. The number of allylic oxidation sites excluding steroid dienone is 2. The molecule has 0 fully saturated rings. The van der Waals surface area contributed by atoms with Crippen LogP contribution in [0.5, 0.6) is 0 Å². The molecule has 46 valence electrons. The van der Waals surface area contributed by atoms with Gasteiger partial charge in [0.2, 0.25) is 0 Å². The maximum Gasteiger partial charge on any atom is 0.00277 e. The van der Waals surface area contributed by atoms with Crippen LogP contribution in [0.3, 0.4) is 0 Å². The smallest absolute Gasteiger partial charge is 0.00277 e. The molecule has 0 bridgehead atoms. The van der Waals surface area contributed by atoms with E-state index in [0.29, 0.717) is 0 Å². The van der Waals surface area contributed by atoms with Gasteiger partial charge in [0.25, 0.3) is 0 Å². The summed E-state index contributed by atoms with van der Waals surface area (Å²) in [7, 11) is 1.85. The van der Waals surface area contributed by atoms with Crippen molar-refractivity contribution < 1.29 is 0 Å². The van der Waals surface area contributed by atoms with Crippen LogP contribution < -0.4 is 5.32 Å². The highest BCUT2D eigenvalue weighted by molar-refractivity contribution is 7.84. The van der Waals surface area contributed by atoms with Crippen LogP contribution in [-0.2, 0) is 0 Å². The minimum atomic E-state index is 0.972. The Morgan fingerprint density at radius 1 is 1.62 bits per heavy atom. The van der Waals surface area contributed by atoms with Crippen molar-refractivity contribution in [3.05, 3.63) is 23.3 Å². The van der Waals surface area contributed by atoms with Crippen molar-refractivity contribution in [2.45, 2.75) is 6.92 Å². The molecule has 0 unspecified atom stereocenters. The molecule has 0 aliphatic heterocycles. The SMILES string of the molecule is C/C=C(S)\C=C/NC. The lowest BCUT2D eigenvalue weighted by molar-refractivity contribution is 1.10. The maximum absolute atomic E-state index is 4.10. The van der Waals surface area contributed by atoms with E-state index in [2.05, 4.69) is 17.9 Å². The zero-order valence-electron chi connectivity index (χ0n) is 5.18. The van der Waals surface area contributed by atoms with Gasteiger partial charge in [0.15, 0.2) is 0 Å². The first-order valence-corrected chi connectivity index (χ1v) is 2.95. The standard InChI is InChI=1S/C6H11NS/c1-3-6(8)4-5-7-2/h3-5,7-8H,1-2H3/b5-4-,6-3+. The number of thiol groups is 1. The monoisotopic (exact) mass is 129 g/mol. The van der Waals surface area contributed by atoms with Crippen molar-refractivity contribution >= 4 is 12.6 Å². The third-order valence-electron chi connectivity index (χ3n) is 0.717. The number of hydrogen-bond acceptors (Lipinski definition) is 2. The quantitative estimate of drug-likeness (QED) is 0.426. The summed E-state index contributed by atoms with van der Waals surface area (Å²) in [5, 5.41) is 2.86. The molecule has 0 saturated heterocycles. The molecule has 0 saturated carbocycles. The summed E-state index contributed by atoms with van der Waals surface area (Å²) in [6, 6.07) is 0. The summed E-state index contributed by atoms with van der Waals surface area (Å²) in [5.74, 6) is 0. The van der Waals surface area contributed by atoms with Crippen molar-refractivity contribution in [3.8, 4) is 0 Å². The fourth-order valence-corrected chi connectivity index (χ4v) is 0.339. The molecule has 0 radical (unpaired) electrons. The van der Waals surface area contributed by atoms with E-state index in [1.165, 1.54) is 0 Å². The highest BCUT2D eigenvalue weighted by Gasteiger charge is 1.72. The van der Waals surface area contributed by atoms with Gasteiger partial charge in [-0.2, -0.15) is 0 Å². The van der Waals surface area contributed by atoms with Crippen LogP contribution in [0, 0.1) is 0 Å². The Morgan fingerprint density at radius 2 is 2.25 bits per heavy atom. The summed E-state index contributed by atoms with van der Waals surface area (Å²) in [5.41, 5.74) is 0. The van der Waals surface area contributed by atoms with Crippen LogP contribution in [0.25, 0.3) is 0 Å². The molecule has 0 aromatic rings. The number of hydrogen-bond donors (Lipinski definition) is 2. The Morgan fingerprint density at radius 3 is 2.62 bits per heavy atom. The number of nitrogens with one attached hydrogen (secondary N) is 1. The largest absolute Gasteiger partial charge is 0.394 e. The Kier molecular flexibility index (Phi) is 4.56. The van der Waals surface area contributed by atoms with E-state index >= 15 is 0 Å². The van der Waals surface area contributed by atoms with Crippen LogP contribution in [0.2, 0.25) is 0 Å². The molecular formula is C6H11NS. The van der Waals surface area contributed by atoms with Gasteiger partial charge in [-0.05, 0) is 19.2 Å². The molecule has 0 spiro atoms. The second kappa shape index (κ2) is 4.78. The first-order chi connectivity index (χ1) is 3.81. The average Bonchev–Trinajstić information content (AvgIpc) is 1.83. The lowest BCUT2D eigenvalue weighted by Gasteiger charge is -1.85. The van der Waals surface area contributed by atoms with E-state index in [1.54, 1.807) is 0 Å². The summed E-state index contributed by atoms with van der Waals surface area (Å²) in [4.78, 5) is 0.972. The van der Waals surface area contributed by atoms with Gasteiger partial charge in [0, 0.05) is 12.0 Å². The third-order valence-corrected chi connectivity index (χ3v) is 1.12. The predicted octanol–water partition coefficient (Wildman–Crippen LogP) is 1.55. The van der Waals surface area contributed by atoms with Gasteiger partial charge >= 0.3 is 0 Å². The first-order valence-electron chi connectivity index (χ1n) is 2.50. The summed E-state index contributed by atoms with van der Waals surface area (Å²) >= 11 is 4.10. The minimum Gasteiger partial charge on any atom is -0.394 e. The topological polar surface area (TPSA) is 12.0 Å². The zero-order chi connectivity index (χ0) is 6.41. The fourth-order valence-electron chi connectivity index (χ4n) is 0.265. The molecule has 0 amide bonds. The third kappa shape index (κ3) is 3.81. The Labute approximate surface area is 55.9 Å². The highest BCUT2D eigenvalue weighted by Crippen LogP contribution is 1.98. The van der Waals surface area contributed by atoms with Crippen molar-refractivity contribution in [3.63, 3.8) is 0 Å². The van der Waals surface area contributed by atoms with Crippen LogP contribution in [0.1, 0.15) is 6.92 Å². The molecule has 0 heterocycles. The predicted molar refractivity (Wildman–Crippen MR) is 40.9 cm³/mol. The van der Waals surface area contributed by atoms with Crippen LogP contribution in [-0.4, -0.2) is 7.05 Å². The van der Waals surface area contributed by atoms with Gasteiger partial charge in [-0.3, -0.25) is 0 Å². The van der Waals surface area contributed by atoms with Crippen molar-refractivity contribution in [1.29, 1.82) is 0 Å². The average molecular weight is 129 g/mol. The van der Waals surface area contributed by atoms with Gasteiger partial charge in [0.1, 0.15) is 0 Å². The van der Waals surface area contributed by atoms with E-state index in [0.717, 1.165) is 4.91 Å². The van der Waals surface area contributed by atoms with Crippen molar-refractivity contribution in [2.24, 2.45) is 0 Å².